The number of para-hydroxylation sites is 2. The standard InChI is InChI=1S/C24H21N3OSTe/c1-24(2)17-11-7-8-12-20(17)27(15-9-5-4-6-10-15)22-18(24)13-16(30-22)14-19-21(28)26(3)23(29)25-19/h4-14H,1-3H3,(H,25,29)/b19-14+. The molecule has 0 aliphatic carbocycles. The van der Waals surface area contributed by atoms with Crippen molar-refractivity contribution in [3.63, 3.8) is 0 Å². The summed E-state index contributed by atoms with van der Waals surface area (Å²) < 4.78 is 2.63. The molecule has 30 heavy (non-hydrogen) atoms. The average molecular weight is 527 g/mol. The van der Waals surface area contributed by atoms with E-state index in [9.17, 15) is 4.79 Å². The van der Waals surface area contributed by atoms with E-state index < -0.39 is 20.4 Å². The van der Waals surface area contributed by atoms with Gasteiger partial charge in [-0.25, -0.2) is 0 Å². The van der Waals surface area contributed by atoms with Crippen molar-refractivity contribution < 1.29 is 4.79 Å². The summed E-state index contributed by atoms with van der Waals surface area (Å²) in [5.74, 6) is -0.0688. The molecule has 2 aliphatic heterocycles. The van der Waals surface area contributed by atoms with Crippen molar-refractivity contribution in [1.82, 2.24) is 10.2 Å². The van der Waals surface area contributed by atoms with Crippen molar-refractivity contribution in [3.05, 3.63) is 81.1 Å². The first-order valence-electron chi connectivity index (χ1n) is 9.77. The van der Waals surface area contributed by atoms with Crippen molar-refractivity contribution in [3.8, 4) is 0 Å². The molecule has 2 aliphatic rings. The second kappa shape index (κ2) is 7.09. The minimum absolute atomic E-state index is 0.0688. The Labute approximate surface area is 191 Å². The zero-order valence-electron chi connectivity index (χ0n) is 17.0. The number of amides is 1. The van der Waals surface area contributed by atoms with Crippen LogP contribution in [0, 0.1) is 0 Å². The average Bonchev–Trinajstić information content (AvgIpc) is 3.27. The third-order valence-corrected chi connectivity index (χ3v) is 9.23. The van der Waals surface area contributed by atoms with Crippen molar-refractivity contribution in [1.29, 1.82) is 0 Å². The van der Waals surface area contributed by atoms with Crippen LogP contribution in [0.5, 0.6) is 0 Å². The fourth-order valence-corrected chi connectivity index (χ4v) is 8.03. The van der Waals surface area contributed by atoms with Crippen molar-refractivity contribution in [2.75, 3.05) is 11.9 Å². The Morgan fingerprint density at radius 3 is 2.43 bits per heavy atom. The predicted molar refractivity (Wildman–Crippen MR) is 127 cm³/mol. The number of benzene rings is 2. The van der Waals surface area contributed by atoms with Crippen molar-refractivity contribution in [2.45, 2.75) is 19.3 Å². The number of fused-ring (bicyclic) bond motifs is 2. The Morgan fingerprint density at radius 1 is 1.03 bits per heavy atom. The van der Waals surface area contributed by atoms with Gasteiger partial charge in [0, 0.05) is 0 Å². The molecule has 0 bridgehead atoms. The number of rotatable bonds is 2. The number of carbonyl (C=O) groups is 1. The summed E-state index contributed by atoms with van der Waals surface area (Å²) in [5.41, 5.74) is 5.57. The molecule has 1 N–H and O–H groups in total. The molecule has 1 saturated heterocycles. The summed E-state index contributed by atoms with van der Waals surface area (Å²) in [6.07, 6.45) is 2.00. The Hall–Kier alpha value is -2.39. The van der Waals surface area contributed by atoms with Gasteiger partial charge in [-0.05, 0) is 0 Å². The van der Waals surface area contributed by atoms with Crippen LogP contribution in [-0.4, -0.2) is 43.4 Å². The van der Waals surface area contributed by atoms with Gasteiger partial charge < -0.3 is 0 Å². The van der Waals surface area contributed by atoms with Crippen LogP contribution < -0.4 is 10.2 Å². The molecule has 3 heterocycles. The topological polar surface area (TPSA) is 35.6 Å². The maximum atomic E-state index is 12.5. The normalized spacial score (nSPS) is 18.4. The van der Waals surface area contributed by atoms with Gasteiger partial charge in [0.25, 0.3) is 0 Å². The SMILES string of the molecule is CN1C(=O)/C(=C\c2cc3c([te]2)N(c2ccccc2)c2ccccc2C3(C)C)NC1=S. The number of nitrogens with zero attached hydrogens (tertiary/aromatic N) is 2. The summed E-state index contributed by atoms with van der Waals surface area (Å²) >= 11 is 4.54. The van der Waals surface area contributed by atoms with E-state index >= 15 is 0 Å². The first-order valence-corrected chi connectivity index (χ1v) is 12.5. The molecular weight excluding hydrogens is 506 g/mol. The Balaban J connectivity index is 1.69. The van der Waals surface area contributed by atoms with Gasteiger partial charge in [0.1, 0.15) is 0 Å². The second-order valence-electron chi connectivity index (χ2n) is 8.03. The van der Waals surface area contributed by atoms with Gasteiger partial charge in [-0.15, -0.1) is 0 Å². The van der Waals surface area contributed by atoms with Gasteiger partial charge in [-0.3, -0.25) is 0 Å². The van der Waals surface area contributed by atoms with Gasteiger partial charge in [0.2, 0.25) is 0 Å². The molecule has 5 rings (SSSR count). The second-order valence-corrected chi connectivity index (χ2v) is 11.5. The summed E-state index contributed by atoms with van der Waals surface area (Å²) in [6.45, 7) is 4.59. The molecule has 1 aromatic heterocycles. The molecule has 3 aromatic rings. The Bertz CT molecular complexity index is 1210. The fraction of sp³-hybridized carbons (Fsp3) is 0.167. The third kappa shape index (κ3) is 2.94. The van der Waals surface area contributed by atoms with Crippen LogP contribution in [0.2, 0.25) is 0 Å². The quantitative estimate of drug-likeness (QED) is 0.302. The van der Waals surface area contributed by atoms with Crippen molar-refractivity contribution >= 4 is 64.8 Å². The number of hydrogen-bond acceptors (Lipinski definition) is 3. The van der Waals surface area contributed by atoms with Crippen LogP contribution in [0.1, 0.15) is 28.6 Å². The van der Waals surface area contributed by atoms with Crippen LogP contribution in [0.25, 0.3) is 6.08 Å². The molecule has 0 unspecified atom stereocenters. The molecule has 150 valence electrons. The number of hydrogen-bond donors (Lipinski definition) is 1. The maximum absolute atomic E-state index is 12.5. The monoisotopic (exact) mass is 529 g/mol. The van der Waals surface area contributed by atoms with E-state index in [1.807, 2.05) is 6.08 Å². The number of likely N-dealkylation sites (N-methyl/N-ethyl adjacent to an activating group) is 1. The zero-order chi connectivity index (χ0) is 21.0. The Morgan fingerprint density at radius 2 is 1.73 bits per heavy atom. The predicted octanol–water partition coefficient (Wildman–Crippen LogP) is 4.54. The molecule has 6 heteroatoms. The first kappa shape index (κ1) is 19.6. The van der Waals surface area contributed by atoms with E-state index in [4.69, 9.17) is 12.2 Å². The molecule has 4 nitrogen and oxygen atoms in total. The van der Waals surface area contributed by atoms with Gasteiger partial charge in [0.15, 0.2) is 0 Å². The van der Waals surface area contributed by atoms with E-state index in [1.165, 1.54) is 34.7 Å². The molecule has 0 radical (unpaired) electrons. The van der Waals surface area contributed by atoms with Gasteiger partial charge in [-0.2, -0.15) is 0 Å². The van der Waals surface area contributed by atoms with Gasteiger partial charge >= 0.3 is 192 Å². The molecule has 0 saturated carbocycles. The summed E-state index contributed by atoms with van der Waals surface area (Å²) in [7, 11) is 1.71. The molecule has 0 spiro atoms. The minimum atomic E-state index is -0.690. The summed E-state index contributed by atoms with van der Waals surface area (Å²) in [5, 5.41) is 3.52. The van der Waals surface area contributed by atoms with Crippen LogP contribution >= 0.6 is 12.2 Å². The number of carbonyl (C=O) groups excluding carboxylic acids is 1. The van der Waals surface area contributed by atoms with E-state index in [0.29, 0.717) is 10.8 Å². The van der Waals surface area contributed by atoms with E-state index in [1.54, 1.807) is 7.05 Å². The number of anilines is 3. The van der Waals surface area contributed by atoms with Gasteiger partial charge in [0.05, 0.1) is 0 Å². The fourth-order valence-electron chi connectivity index (χ4n) is 4.14. The summed E-state index contributed by atoms with van der Waals surface area (Å²) in [6, 6.07) is 21.5. The van der Waals surface area contributed by atoms with E-state index in [-0.39, 0.29) is 11.3 Å². The number of nitrogens with one attached hydrogen (secondary N) is 1. The van der Waals surface area contributed by atoms with Crippen LogP contribution in [0.4, 0.5) is 15.1 Å². The molecular formula is C24H21N3OSTe. The number of thiocarbonyl (C=S) groups is 1. The molecule has 2 aromatic carbocycles. The van der Waals surface area contributed by atoms with Gasteiger partial charge in [-0.1, -0.05) is 0 Å². The van der Waals surface area contributed by atoms with Crippen LogP contribution in [0.15, 0.2) is 66.4 Å². The van der Waals surface area contributed by atoms with Crippen LogP contribution in [0.3, 0.4) is 0 Å². The molecule has 0 atom stereocenters. The molecule has 1 fully saturated rings. The Kier molecular flexibility index (Phi) is 4.62. The first-order chi connectivity index (χ1) is 14.4. The van der Waals surface area contributed by atoms with Crippen molar-refractivity contribution in [2.24, 2.45) is 0 Å². The zero-order valence-corrected chi connectivity index (χ0v) is 20.1. The third-order valence-electron chi connectivity index (χ3n) is 5.81. The van der Waals surface area contributed by atoms with E-state index in [2.05, 4.69) is 84.7 Å². The van der Waals surface area contributed by atoms with Crippen LogP contribution in [-0.2, 0) is 10.2 Å². The molecule has 1 amide bonds. The van der Waals surface area contributed by atoms with E-state index in [0.717, 1.165) is 0 Å². The summed E-state index contributed by atoms with van der Waals surface area (Å²) in [4.78, 5) is 16.4.